The summed E-state index contributed by atoms with van der Waals surface area (Å²) in [4.78, 5) is 29.1. The quantitative estimate of drug-likeness (QED) is 0.246. The van der Waals surface area contributed by atoms with Crippen molar-refractivity contribution >= 4 is 22.7 Å². The highest BCUT2D eigenvalue weighted by Gasteiger charge is 2.60. The molecule has 4 N–H and O–H groups in total. The van der Waals surface area contributed by atoms with E-state index >= 15 is 4.39 Å². The third kappa shape index (κ3) is 5.15. The molecule has 0 fully saturated rings. The Balaban J connectivity index is 1.61. The fourth-order valence-electron chi connectivity index (χ4n) is 4.88. The summed E-state index contributed by atoms with van der Waals surface area (Å²) in [7, 11) is 1.14. The number of fused-ring (bicyclic) bond motifs is 2. The smallest absolute Gasteiger partial charge is 0.424 e. The van der Waals surface area contributed by atoms with Crippen molar-refractivity contribution < 1.29 is 54.9 Å². The van der Waals surface area contributed by atoms with Crippen LogP contribution in [0.3, 0.4) is 0 Å². The van der Waals surface area contributed by atoms with Gasteiger partial charge in [-0.2, -0.15) is 27.1 Å². The Morgan fingerprint density at radius 3 is 2.44 bits per heavy atom. The van der Waals surface area contributed by atoms with E-state index in [4.69, 9.17) is 15.2 Å². The first-order chi connectivity index (χ1) is 21.0. The number of rotatable bonds is 8. The van der Waals surface area contributed by atoms with Crippen LogP contribution in [0, 0.1) is 11.6 Å². The Kier molecular flexibility index (Phi) is 7.63. The number of methoxy groups -OCH3 is 1. The topological polar surface area (TPSA) is 142 Å². The van der Waals surface area contributed by atoms with Crippen LogP contribution in [-0.2, 0) is 15.8 Å². The number of hydrogen-bond donors (Lipinski definition) is 3. The van der Waals surface area contributed by atoms with Crippen LogP contribution in [0.15, 0.2) is 42.6 Å². The Bertz CT molecular complexity index is 1830. The molecule has 3 heterocycles. The van der Waals surface area contributed by atoms with Gasteiger partial charge >= 0.3 is 12.7 Å². The van der Waals surface area contributed by atoms with Gasteiger partial charge in [-0.3, -0.25) is 9.59 Å². The Labute approximate surface area is 248 Å². The van der Waals surface area contributed by atoms with Gasteiger partial charge in [-0.05, 0) is 43.3 Å². The lowest BCUT2D eigenvalue weighted by molar-refractivity contribution is -0.266. The number of nitrogens with zero attached hydrogens (tertiary/aromatic N) is 3. The van der Waals surface area contributed by atoms with E-state index in [9.17, 15) is 41.0 Å². The van der Waals surface area contributed by atoms with Gasteiger partial charge in [0.05, 0.1) is 19.2 Å². The number of ether oxygens (including phenoxy) is 2. The van der Waals surface area contributed by atoms with Crippen LogP contribution in [0.4, 0.5) is 30.7 Å². The molecule has 0 unspecified atom stereocenters. The molecular formula is C28H22F7N5O5. The van der Waals surface area contributed by atoms with Crippen molar-refractivity contribution in [2.75, 3.05) is 20.3 Å². The second-order valence-electron chi connectivity index (χ2n) is 10.4. The molecule has 17 heteroatoms. The van der Waals surface area contributed by atoms with Gasteiger partial charge in [0.15, 0.2) is 11.6 Å². The lowest BCUT2D eigenvalue weighted by atomic mass is 9.81. The van der Waals surface area contributed by atoms with E-state index in [1.807, 2.05) is 5.32 Å². The molecule has 4 aromatic rings. The highest BCUT2D eigenvalue weighted by atomic mass is 19.4. The highest BCUT2D eigenvalue weighted by Crippen LogP contribution is 2.49. The molecule has 2 aromatic carbocycles. The Hall–Kier alpha value is -4.93. The number of primary amides is 1. The Morgan fingerprint density at radius 1 is 1.20 bits per heavy atom. The number of carbonyl (C=O) groups is 2. The molecule has 1 aliphatic heterocycles. The third-order valence-corrected chi connectivity index (χ3v) is 7.45. The number of pyridine rings is 1. The van der Waals surface area contributed by atoms with Crippen LogP contribution in [0.2, 0.25) is 0 Å². The van der Waals surface area contributed by atoms with Gasteiger partial charge in [0.2, 0.25) is 11.5 Å². The van der Waals surface area contributed by atoms with Crippen molar-refractivity contribution in [3.63, 3.8) is 0 Å². The van der Waals surface area contributed by atoms with Crippen LogP contribution in [0.25, 0.3) is 22.2 Å². The van der Waals surface area contributed by atoms with Crippen molar-refractivity contribution in [3.05, 3.63) is 71.1 Å². The standard InChI is InChI=1S/C28H22F7N5O5/c1-26(24(36)42)11-45-21-17(26)18(30)22(38-20(21)12-3-5-15(29)6-4-12)27(43,28(33,34)35)10-37-23(41)13-7-14-9-40(25(31)32)39-19(14)16(8-13)44-2/h3-9,25,43H,10-11H2,1-2H3,(H2,36,42)(H,37,41)/t26-,27-/m0/s1. The van der Waals surface area contributed by atoms with E-state index in [1.54, 1.807) is 0 Å². The second-order valence-corrected chi connectivity index (χ2v) is 10.4. The van der Waals surface area contributed by atoms with Crippen molar-refractivity contribution in [1.82, 2.24) is 20.1 Å². The number of halogens is 7. The molecule has 2 aromatic heterocycles. The number of amides is 2. The minimum atomic E-state index is -5.69. The number of aromatic nitrogens is 3. The van der Waals surface area contributed by atoms with Crippen molar-refractivity contribution in [2.24, 2.45) is 5.73 Å². The molecule has 1 aliphatic rings. The van der Waals surface area contributed by atoms with Crippen molar-refractivity contribution in [1.29, 1.82) is 0 Å². The molecule has 0 saturated carbocycles. The number of alkyl halides is 5. The van der Waals surface area contributed by atoms with Crippen LogP contribution < -0.4 is 20.5 Å². The van der Waals surface area contributed by atoms with E-state index in [2.05, 4.69) is 10.1 Å². The first-order valence-corrected chi connectivity index (χ1v) is 12.9. The van der Waals surface area contributed by atoms with Crippen LogP contribution >= 0.6 is 0 Å². The number of carbonyl (C=O) groups excluding carboxylic acids is 2. The summed E-state index contributed by atoms with van der Waals surface area (Å²) in [5.74, 6) is -5.50. The summed E-state index contributed by atoms with van der Waals surface area (Å²) in [5.41, 5.74) is -4.08. The fourth-order valence-corrected chi connectivity index (χ4v) is 4.88. The van der Waals surface area contributed by atoms with Crippen LogP contribution in [0.5, 0.6) is 11.5 Å². The second kappa shape index (κ2) is 10.9. The zero-order valence-corrected chi connectivity index (χ0v) is 23.2. The largest absolute Gasteiger partial charge is 0.494 e. The summed E-state index contributed by atoms with van der Waals surface area (Å²) < 4.78 is 111. The molecule has 10 nitrogen and oxygen atoms in total. The number of nitrogens with one attached hydrogen (secondary N) is 1. The van der Waals surface area contributed by atoms with Crippen LogP contribution in [-0.4, -0.2) is 58.1 Å². The first-order valence-electron chi connectivity index (χ1n) is 12.9. The molecule has 5 rings (SSSR count). The van der Waals surface area contributed by atoms with E-state index in [1.165, 1.54) is 0 Å². The van der Waals surface area contributed by atoms with Gasteiger partial charge in [-0.15, -0.1) is 0 Å². The molecule has 0 radical (unpaired) electrons. The third-order valence-electron chi connectivity index (χ3n) is 7.45. The molecule has 2 atom stereocenters. The van der Waals surface area contributed by atoms with Gasteiger partial charge in [0.25, 0.3) is 5.91 Å². The van der Waals surface area contributed by atoms with Gasteiger partial charge < -0.3 is 25.6 Å². The van der Waals surface area contributed by atoms with Crippen molar-refractivity contribution in [2.45, 2.75) is 30.7 Å². The predicted molar refractivity (Wildman–Crippen MR) is 141 cm³/mol. The molecule has 238 valence electrons. The van der Waals surface area contributed by atoms with E-state index in [0.717, 1.165) is 56.6 Å². The summed E-state index contributed by atoms with van der Waals surface area (Å²) in [6.07, 6.45) is -4.81. The average Bonchev–Trinajstić information content (AvgIpc) is 3.58. The fraction of sp³-hybridized carbons (Fsp3) is 0.286. The number of nitrogens with two attached hydrogens (primary N) is 1. The van der Waals surface area contributed by atoms with E-state index in [0.29, 0.717) is 0 Å². The molecule has 0 bridgehead atoms. The predicted octanol–water partition coefficient (Wildman–Crippen LogP) is 4.10. The zero-order valence-electron chi connectivity index (χ0n) is 23.2. The molecule has 0 aliphatic carbocycles. The Morgan fingerprint density at radius 2 is 1.87 bits per heavy atom. The minimum absolute atomic E-state index is 0.0214. The zero-order chi connectivity index (χ0) is 33.1. The lowest BCUT2D eigenvalue weighted by Crippen LogP contribution is -2.52. The summed E-state index contributed by atoms with van der Waals surface area (Å²) in [5, 5.41) is 16.6. The van der Waals surface area contributed by atoms with Crippen molar-refractivity contribution in [3.8, 4) is 22.8 Å². The number of benzene rings is 2. The first kappa shape index (κ1) is 31.5. The van der Waals surface area contributed by atoms with E-state index < -0.39 is 83.0 Å². The molecule has 2 amide bonds. The maximum atomic E-state index is 16.1. The average molecular weight is 642 g/mol. The maximum absolute atomic E-state index is 16.1. The van der Waals surface area contributed by atoms with Gasteiger partial charge in [0.1, 0.15) is 40.5 Å². The molecule has 45 heavy (non-hydrogen) atoms. The van der Waals surface area contributed by atoms with Crippen LogP contribution in [0.1, 0.15) is 35.1 Å². The summed E-state index contributed by atoms with van der Waals surface area (Å²) in [6.45, 7) is -4.21. The lowest BCUT2D eigenvalue weighted by Gasteiger charge is -2.32. The van der Waals surface area contributed by atoms with Gasteiger partial charge in [-0.25, -0.2) is 18.4 Å². The minimum Gasteiger partial charge on any atom is -0.494 e. The normalized spacial score (nSPS) is 17.6. The SMILES string of the molecule is COc1cc(C(=O)NC[C@](O)(c2nc(-c3ccc(F)cc3)c3c(c2F)[C@@](C)(C(N)=O)CO3)C(F)(F)F)cc2cn(C(F)F)nc12. The molecule has 0 spiro atoms. The number of aliphatic hydroxyl groups is 1. The maximum Gasteiger partial charge on any atom is 0.424 e. The highest BCUT2D eigenvalue weighted by molar-refractivity contribution is 6.00. The molecule has 0 saturated heterocycles. The monoisotopic (exact) mass is 641 g/mol. The molecular weight excluding hydrogens is 619 g/mol. The van der Waals surface area contributed by atoms with Gasteiger partial charge in [-0.1, -0.05) is 0 Å². The summed E-state index contributed by atoms with van der Waals surface area (Å²) >= 11 is 0. The number of hydrogen-bond acceptors (Lipinski definition) is 7. The van der Waals surface area contributed by atoms with Gasteiger partial charge in [0, 0.05) is 22.7 Å². The summed E-state index contributed by atoms with van der Waals surface area (Å²) in [6, 6.07) is 6.17. The van der Waals surface area contributed by atoms with E-state index in [-0.39, 0.29) is 32.5 Å².